The van der Waals surface area contributed by atoms with Crippen molar-refractivity contribution in [2.24, 2.45) is 0 Å². The highest BCUT2D eigenvalue weighted by atomic mass is 16.5. The summed E-state index contributed by atoms with van der Waals surface area (Å²) in [5.41, 5.74) is 3.37. The Kier molecular flexibility index (Phi) is 12.8. The van der Waals surface area contributed by atoms with Crippen molar-refractivity contribution in [1.82, 2.24) is 20.5 Å². The molecular weight excluding hydrogens is 532 g/mol. The number of pyridine rings is 1. The van der Waals surface area contributed by atoms with Crippen LogP contribution in [0.15, 0.2) is 60.7 Å². The molecule has 0 fully saturated rings. The lowest BCUT2D eigenvalue weighted by atomic mass is 9.99. The minimum Gasteiger partial charge on any atom is -0.497 e. The standard InChI is InChI=1S/C33H44N4O5/c1-6-14-35-32(39)25-16-23(3)17-26(19-25)33(40)37(15-7-2)29(20-27-11-9-13-31(36-27)42-5)30(38)22-34-21-24-10-8-12-28(18-24)41-4/h8-13,16-19,29-30,34,38H,6-7,14-15,20-22H2,1-5H3,(H,35,39)/t29-,30+/m0/s1. The van der Waals surface area contributed by atoms with Crippen molar-refractivity contribution in [3.05, 3.63) is 88.6 Å². The van der Waals surface area contributed by atoms with Gasteiger partial charge in [0.15, 0.2) is 0 Å². The van der Waals surface area contributed by atoms with E-state index >= 15 is 0 Å². The van der Waals surface area contributed by atoms with Gasteiger partial charge in [-0.25, -0.2) is 4.98 Å². The molecule has 0 radical (unpaired) electrons. The van der Waals surface area contributed by atoms with Crippen LogP contribution in [0.4, 0.5) is 0 Å². The minimum atomic E-state index is -0.906. The molecule has 2 atom stereocenters. The minimum absolute atomic E-state index is 0.212. The summed E-state index contributed by atoms with van der Waals surface area (Å²) in [5.74, 6) is 0.768. The molecule has 2 amide bonds. The third kappa shape index (κ3) is 9.29. The summed E-state index contributed by atoms with van der Waals surface area (Å²) in [5, 5.41) is 17.8. The van der Waals surface area contributed by atoms with Gasteiger partial charge in [-0.2, -0.15) is 0 Å². The Balaban J connectivity index is 1.90. The van der Waals surface area contributed by atoms with Crippen LogP contribution in [0, 0.1) is 6.92 Å². The molecule has 3 aromatic rings. The molecule has 3 N–H and O–H groups in total. The van der Waals surface area contributed by atoms with Crippen molar-refractivity contribution >= 4 is 11.8 Å². The molecule has 0 aliphatic heterocycles. The number of carbonyl (C=O) groups excluding carboxylic acids is 2. The van der Waals surface area contributed by atoms with E-state index in [1.807, 2.05) is 57.2 Å². The molecule has 0 bridgehead atoms. The van der Waals surface area contributed by atoms with Gasteiger partial charge in [-0.1, -0.05) is 32.0 Å². The topological polar surface area (TPSA) is 113 Å². The van der Waals surface area contributed by atoms with Crippen molar-refractivity contribution in [2.75, 3.05) is 33.9 Å². The number of aliphatic hydroxyl groups is 1. The van der Waals surface area contributed by atoms with Gasteiger partial charge >= 0.3 is 0 Å². The number of hydrogen-bond donors (Lipinski definition) is 3. The van der Waals surface area contributed by atoms with Crippen LogP contribution >= 0.6 is 0 Å². The lowest BCUT2D eigenvalue weighted by molar-refractivity contribution is 0.0350. The number of aliphatic hydroxyl groups excluding tert-OH is 1. The molecule has 0 unspecified atom stereocenters. The van der Waals surface area contributed by atoms with E-state index in [-0.39, 0.29) is 18.4 Å². The summed E-state index contributed by atoms with van der Waals surface area (Å²) in [7, 11) is 3.18. The highest BCUT2D eigenvalue weighted by Gasteiger charge is 2.31. The smallest absolute Gasteiger partial charge is 0.254 e. The highest BCUT2D eigenvalue weighted by molar-refractivity contribution is 6.00. The lowest BCUT2D eigenvalue weighted by Gasteiger charge is -2.35. The number of nitrogens with one attached hydrogen (secondary N) is 2. The van der Waals surface area contributed by atoms with Crippen LogP contribution < -0.4 is 20.1 Å². The lowest BCUT2D eigenvalue weighted by Crippen LogP contribution is -2.51. The summed E-state index contributed by atoms with van der Waals surface area (Å²) in [4.78, 5) is 33.1. The first-order chi connectivity index (χ1) is 20.3. The number of ether oxygens (including phenoxy) is 2. The molecule has 0 aliphatic carbocycles. The quantitative estimate of drug-likeness (QED) is 0.235. The Labute approximate surface area is 249 Å². The number of hydrogen-bond acceptors (Lipinski definition) is 7. The number of carbonyl (C=O) groups is 2. The Morgan fingerprint density at radius 1 is 0.976 bits per heavy atom. The van der Waals surface area contributed by atoms with Crippen LogP contribution in [0.2, 0.25) is 0 Å². The summed E-state index contributed by atoms with van der Waals surface area (Å²) in [6.45, 7) is 7.60. The molecule has 9 nitrogen and oxygen atoms in total. The van der Waals surface area contributed by atoms with E-state index in [9.17, 15) is 14.7 Å². The largest absolute Gasteiger partial charge is 0.497 e. The van der Waals surface area contributed by atoms with Crippen molar-refractivity contribution < 1.29 is 24.2 Å². The maximum atomic E-state index is 14.1. The number of nitrogens with zero attached hydrogens (tertiary/aromatic N) is 2. The molecule has 9 heteroatoms. The number of aromatic nitrogens is 1. The van der Waals surface area contributed by atoms with Gasteiger partial charge < -0.3 is 30.1 Å². The molecule has 42 heavy (non-hydrogen) atoms. The average Bonchev–Trinajstić information content (AvgIpc) is 3.01. The fraction of sp³-hybridized carbons (Fsp3) is 0.424. The maximum Gasteiger partial charge on any atom is 0.254 e. The van der Waals surface area contributed by atoms with E-state index in [1.165, 1.54) is 0 Å². The first-order valence-electron chi connectivity index (χ1n) is 14.5. The van der Waals surface area contributed by atoms with Gasteiger partial charge in [0.2, 0.25) is 5.88 Å². The van der Waals surface area contributed by atoms with E-state index in [1.54, 1.807) is 43.4 Å². The molecule has 3 rings (SSSR count). The number of benzene rings is 2. The maximum absolute atomic E-state index is 14.1. The zero-order chi connectivity index (χ0) is 30.5. The van der Waals surface area contributed by atoms with Crippen LogP contribution in [0.25, 0.3) is 0 Å². The van der Waals surface area contributed by atoms with E-state index < -0.39 is 12.1 Å². The van der Waals surface area contributed by atoms with Crippen LogP contribution in [0.5, 0.6) is 11.6 Å². The molecule has 0 aliphatic rings. The molecular formula is C33H44N4O5. The zero-order valence-electron chi connectivity index (χ0n) is 25.4. The molecule has 1 heterocycles. The Hall–Kier alpha value is -3.95. The fourth-order valence-electron chi connectivity index (χ4n) is 4.84. The predicted molar refractivity (Wildman–Crippen MR) is 164 cm³/mol. The summed E-state index contributed by atoms with van der Waals surface area (Å²) < 4.78 is 10.6. The predicted octanol–water partition coefficient (Wildman–Crippen LogP) is 4.16. The van der Waals surface area contributed by atoms with E-state index in [0.29, 0.717) is 55.2 Å². The molecule has 0 spiro atoms. The number of rotatable bonds is 16. The number of methoxy groups -OCH3 is 2. The zero-order valence-corrected chi connectivity index (χ0v) is 25.4. The third-order valence-corrected chi connectivity index (χ3v) is 6.92. The monoisotopic (exact) mass is 576 g/mol. The number of amides is 2. The molecule has 0 saturated carbocycles. The van der Waals surface area contributed by atoms with Gasteiger partial charge in [-0.05, 0) is 67.3 Å². The van der Waals surface area contributed by atoms with Crippen LogP contribution in [-0.2, 0) is 13.0 Å². The van der Waals surface area contributed by atoms with Crippen LogP contribution in [0.3, 0.4) is 0 Å². The second-order valence-corrected chi connectivity index (χ2v) is 10.3. The average molecular weight is 577 g/mol. The molecule has 2 aromatic carbocycles. The van der Waals surface area contributed by atoms with Crippen molar-refractivity contribution in [3.8, 4) is 11.6 Å². The second kappa shape index (κ2) is 16.5. The SMILES string of the molecule is CCCNC(=O)c1cc(C)cc(C(=O)N(CCC)[C@@H](Cc2cccc(OC)n2)[C@H](O)CNCc2cccc(OC)c2)c1. The highest BCUT2D eigenvalue weighted by Crippen LogP contribution is 2.20. The van der Waals surface area contributed by atoms with Gasteiger partial charge in [0, 0.05) is 55.5 Å². The van der Waals surface area contributed by atoms with Gasteiger partial charge in [-0.3, -0.25) is 9.59 Å². The molecule has 226 valence electrons. The Morgan fingerprint density at radius 3 is 2.45 bits per heavy atom. The summed E-state index contributed by atoms with van der Waals surface area (Å²) >= 11 is 0. The van der Waals surface area contributed by atoms with E-state index in [2.05, 4.69) is 15.6 Å². The van der Waals surface area contributed by atoms with Gasteiger partial charge in [0.25, 0.3) is 11.8 Å². The second-order valence-electron chi connectivity index (χ2n) is 10.3. The van der Waals surface area contributed by atoms with Gasteiger partial charge in [0.05, 0.1) is 26.4 Å². The summed E-state index contributed by atoms with van der Waals surface area (Å²) in [6.07, 6.45) is 0.918. The Bertz CT molecular complexity index is 1320. The van der Waals surface area contributed by atoms with E-state index in [0.717, 1.165) is 23.3 Å². The molecule has 1 aromatic heterocycles. The van der Waals surface area contributed by atoms with Crippen LogP contribution in [0.1, 0.15) is 64.2 Å². The Morgan fingerprint density at radius 2 is 1.74 bits per heavy atom. The van der Waals surface area contributed by atoms with Crippen molar-refractivity contribution in [1.29, 1.82) is 0 Å². The summed E-state index contributed by atoms with van der Waals surface area (Å²) in [6, 6.07) is 17.8. The van der Waals surface area contributed by atoms with Crippen molar-refractivity contribution in [2.45, 2.75) is 58.7 Å². The first-order valence-corrected chi connectivity index (χ1v) is 14.5. The van der Waals surface area contributed by atoms with Crippen LogP contribution in [-0.4, -0.2) is 72.8 Å². The third-order valence-electron chi connectivity index (χ3n) is 6.92. The van der Waals surface area contributed by atoms with Crippen molar-refractivity contribution in [3.63, 3.8) is 0 Å². The fourth-order valence-corrected chi connectivity index (χ4v) is 4.84. The van der Waals surface area contributed by atoms with E-state index in [4.69, 9.17) is 9.47 Å². The first kappa shape index (κ1) is 32.6. The van der Waals surface area contributed by atoms with Gasteiger partial charge in [0.1, 0.15) is 5.75 Å². The van der Waals surface area contributed by atoms with Gasteiger partial charge in [-0.15, -0.1) is 0 Å². The molecule has 0 saturated heterocycles. The normalized spacial score (nSPS) is 12.3. The number of aryl methyl sites for hydroxylation is 1.